The normalized spacial score (nSPS) is 14.4. The lowest BCUT2D eigenvalue weighted by atomic mass is 10.0. The number of hydrogen-bond acceptors (Lipinski definition) is 5. The first-order valence-corrected chi connectivity index (χ1v) is 9.48. The number of carboxylic acids is 1. The van der Waals surface area contributed by atoms with Crippen LogP contribution in [0.2, 0.25) is 0 Å². The summed E-state index contributed by atoms with van der Waals surface area (Å²) in [5, 5.41) is 13.1. The first-order chi connectivity index (χ1) is 15.1. The van der Waals surface area contributed by atoms with Crippen LogP contribution in [0.15, 0.2) is 42.7 Å². The number of rotatable bonds is 6. The number of carbonyl (C=O) groups is 2. The smallest absolute Gasteiger partial charge is 0.433 e. The molecule has 3 aromatic rings. The Labute approximate surface area is 179 Å². The topological polar surface area (TPSA) is 124 Å². The highest BCUT2D eigenvalue weighted by atomic mass is 19.4. The molecule has 1 fully saturated rings. The number of carboxylic acid groups (broad SMARTS) is 1. The van der Waals surface area contributed by atoms with Crippen molar-refractivity contribution < 1.29 is 27.9 Å². The van der Waals surface area contributed by atoms with Crippen LogP contribution in [-0.2, 0) is 11.0 Å². The molecule has 0 radical (unpaired) electrons. The third kappa shape index (κ3) is 4.51. The quantitative estimate of drug-likeness (QED) is 0.563. The molecule has 8 nitrogen and oxygen atoms in total. The van der Waals surface area contributed by atoms with Gasteiger partial charge in [-0.2, -0.15) is 13.2 Å². The van der Waals surface area contributed by atoms with E-state index in [4.69, 9.17) is 10.8 Å². The minimum Gasteiger partial charge on any atom is -0.478 e. The average Bonchev–Trinajstić information content (AvgIpc) is 3.49. The predicted molar refractivity (Wildman–Crippen MR) is 107 cm³/mol. The van der Waals surface area contributed by atoms with Crippen LogP contribution in [0.5, 0.6) is 0 Å². The molecule has 0 bridgehead atoms. The van der Waals surface area contributed by atoms with Crippen LogP contribution >= 0.6 is 0 Å². The highest BCUT2D eigenvalue weighted by Crippen LogP contribution is 2.41. The van der Waals surface area contributed by atoms with Crippen molar-refractivity contribution in [2.24, 2.45) is 5.73 Å². The van der Waals surface area contributed by atoms with E-state index in [2.05, 4.69) is 15.1 Å². The van der Waals surface area contributed by atoms with Crippen LogP contribution in [0.1, 0.15) is 46.1 Å². The van der Waals surface area contributed by atoms with Crippen molar-refractivity contribution in [3.05, 3.63) is 65.2 Å². The summed E-state index contributed by atoms with van der Waals surface area (Å²) in [7, 11) is 0. The van der Waals surface area contributed by atoms with Crippen molar-refractivity contribution >= 4 is 23.6 Å². The first kappa shape index (κ1) is 21.2. The summed E-state index contributed by atoms with van der Waals surface area (Å²) in [4.78, 5) is 30.7. The number of halogens is 3. The Morgan fingerprint density at radius 1 is 1.12 bits per heavy atom. The van der Waals surface area contributed by atoms with Crippen molar-refractivity contribution in [1.29, 1.82) is 0 Å². The minimum absolute atomic E-state index is 0.00623. The highest BCUT2D eigenvalue weighted by molar-refractivity contribution is 6.22. The number of carbonyl (C=O) groups excluding carboxylic acids is 1. The van der Waals surface area contributed by atoms with Crippen molar-refractivity contribution in [2.75, 3.05) is 0 Å². The number of pyridine rings is 1. The number of amides is 1. The van der Waals surface area contributed by atoms with Gasteiger partial charge in [0.2, 0.25) is 0 Å². The van der Waals surface area contributed by atoms with E-state index >= 15 is 0 Å². The molecule has 1 aliphatic carbocycles. The van der Waals surface area contributed by atoms with E-state index in [-0.39, 0.29) is 28.4 Å². The fraction of sp³-hybridized carbons (Fsp3) is 0.190. The Balaban J connectivity index is 1.69. The zero-order chi connectivity index (χ0) is 23.0. The van der Waals surface area contributed by atoms with Gasteiger partial charge in [0.1, 0.15) is 12.0 Å². The third-order valence-electron chi connectivity index (χ3n) is 4.87. The minimum atomic E-state index is -4.61. The summed E-state index contributed by atoms with van der Waals surface area (Å²) in [6.07, 6.45) is -0.554. The van der Waals surface area contributed by atoms with Gasteiger partial charge in [0.25, 0.3) is 5.91 Å². The molecule has 0 aliphatic heterocycles. The molecule has 0 saturated heterocycles. The maximum absolute atomic E-state index is 13.3. The molecule has 164 valence electrons. The number of aromatic carboxylic acids is 1. The Morgan fingerprint density at radius 2 is 1.78 bits per heavy atom. The maximum atomic E-state index is 13.3. The lowest BCUT2D eigenvalue weighted by molar-refractivity contribution is -0.141. The van der Waals surface area contributed by atoms with Gasteiger partial charge in [-0.15, -0.1) is 5.10 Å². The molecule has 4 rings (SSSR count). The maximum Gasteiger partial charge on any atom is 0.433 e. The van der Waals surface area contributed by atoms with Crippen LogP contribution in [0.25, 0.3) is 23.2 Å². The number of primary amides is 1. The van der Waals surface area contributed by atoms with Gasteiger partial charge in [-0.1, -0.05) is 12.1 Å². The fourth-order valence-electron chi connectivity index (χ4n) is 3.09. The molecule has 2 heterocycles. The largest absolute Gasteiger partial charge is 0.478 e. The molecule has 11 heteroatoms. The molecule has 0 spiro atoms. The standard InChI is InChI=1S/C21H16F3N5O3/c22-21(23,24)17-8-14(7-16(27-17)12-3-4-12)19-26-10-29(28-19)9-15(18(25)30)11-1-5-13(6-2-11)20(31)32/h1-2,5-10,12H,3-4H2,(H2,25,30)(H,31,32)/b15-9+. The van der Waals surface area contributed by atoms with Gasteiger partial charge in [-0.05, 0) is 42.7 Å². The Hall–Kier alpha value is -4.02. The van der Waals surface area contributed by atoms with E-state index in [1.807, 2.05) is 0 Å². The van der Waals surface area contributed by atoms with Crippen molar-refractivity contribution in [1.82, 2.24) is 19.7 Å². The SMILES string of the molecule is NC(=O)/C(=C/n1cnc(-c2cc(C3CC3)nc(C(F)(F)F)c2)n1)c1ccc(C(=O)O)cc1. The molecular formula is C21H16F3N5O3. The van der Waals surface area contributed by atoms with Gasteiger partial charge >= 0.3 is 12.1 Å². The fourth-order valence-corrected chi connectivity index (χ4v) is 3.09. The van der Waals surface area contributed by atoms with Crippen LogP contribution in [0.3, 0.4) is 0 Å². The van der Waals surface area contributed by atoms with E-state index in [0.29, 0.717) is 11.3 Å². The summed E-state index contributed by atoms with van der Waals surface area (Å²) in [6.45, 7) is 0. The van der Waals surface area contributed by atoms with E-state index in [0.717, 1.165) is 23.6 Å². The van der Waals surface area contributed by atoms with Crippen molar-refractivity contribution in [3.8, 4) is 11.4 Å². The number of hydrogen-bond donors (Lipinski definition) is 2. The lowest BCUT2D eigenvalue weighted by Gasteiger charge is -2.09. The van der Waals surface area contributed by atoms with Gasteiger partial charge in [0, 0.05) is 23.4 Å². The Kier molecular flexibility index (Phi) is 5.25. The first-order valence-electron chi connectivity index (χ1n) is 9.48. The van der Waals surface area contributed by atoms with Crippen LogP contribution < -0.4 is 5.73 Å². The van der Waals surface area contributed by atoms with Crippen LogP contribution in [0, 0.1) is 0 Å². The second-order valence-electron chi connectivity index (χ2n) is 7.28. The van der Waals surface area contributed by atoms with Gasteiger partial charge in [-0.3, -0.25) is 4.79 Å². The van der Waals surface area contributed by atoms with Crippen molar-refractivity contribution in [3.63, 3.8) is 0 Å². The van der Waals surface area contributed by atoms with E-state index in [9.17, 15) is 22.8 Å². The average molecular weight is 443 g/mol. The Bertz CT molecular complexity index is 1230. The van der Waals surface area contributed by atoms with Gasteiger partial charge < -0.3 is 10.8 Å². The molecule has 0 unspecified atom stereocenters. The summed E-state index contributed by atoms with van der Waals surface area (Å²) in [5.74, 6) is -1.90. The van der Waals surface area contributed by atoms with Gasteiger partial charge in [-0.25, -0.2) is 19.4 Å². The number of aromatic nitrogens is 4. The van der Waals surface area contributed by atoms with Gasteiger partial charge in [0.05, 0.1) is 11.1 Å². The molecule has 1 saturated carbocycles. The number of nitrogens with zero attached hydrogens (tertiary/aromatic N) is 4. The van der Waals surface area contributed by atoms with E-state index in [1.54, 1.807) is 0 Å². The zero-order valence-corrected chi connectivity index (χ0v) is 16.4. The molecule has 0 atom stereocenters. The predicted octanol–water partition coefficient (Wildman–Crippen LogP) is 3.42. The summed E-state index contributed by atoms with van der Waals surface area (Å²) >= 11 is 0. The van der Waals surface area contributed by atoms with Crippen LogP contribution in [-0.4, -0.2) is 36.7 Å². The second-order valence-corrected chi connectivity index (χ2v) is 7.28. The number of nitrogens with two attached hydrogens (primary N) is 1. The molecule has 2 aromatic heterocycles. The number of benzene rings is 1. The van der Waals surface area contributed by atoms with E-state index < -0.39 is 23.7 Å². The second kappa shape index (κ2) is 7.91. The van der Waals surface area contributed by atoms with Crippen LogP contribution in [0.4, 0.5) is 13.2 Å². The molecule has 32 heavy (non-hydrogen) atoms. The van der Waals surface area contributed by atoms with Gasteiger partial charge in [0.15, 0.2) is 5.82 Å². The molecule has 1 aliphatic rings. The molecule has 3 N–H and O–H groups in total. The van der Waals surface area contributed by atoms with E-state index in [1.165, 1.54) is 42.9 Å². The Morgan fingerprint density at radius 3 is 2.34 bits per heavy atom. The lowest BCUT2D eigenvalue weighted by Crippen LogP contribution is -2.14. The molecule has 1 aromatic carbocycles. The molecule has 1 amide bonds. The monoisotopic (exact) mass is 443 g/mol. The number of alkyl halides is 3. The summed E-state index contributed by atoms with van der Waals surface area (Å²) in [6, 6.07) is 7.88. The van der Waals surface area contributed by atoms with Crippen molar-refractivity contribution in [2.45, 2.75) is 24.9 Å². The third-order valence-corrected chi connectivity index (χ3v) is 4.87. The summed E-state index contributed by atoms with van der Waals surface area (Å²) in [5.41, 5.74) is 5.33. The molecular weight excluding hydrogens is 427 g/mol. The highest BCUT2D eigenvalue weighted by Gasteiger charge is 2.35. The zero-order valence-electron chi connectivity index (χ0n) is 16.4. The summed E-state index contributed by atoms with van der Waals surface area (Å²) < 4.78 is 41.0.